The molecule has 0 spiro atoms. The van der Waals surface area contributed by atoms with Crippen LogP contribution in [0.25, 0.3) is 0 Å². The number of carbonyl (C=O) groups excluding carboxylic acids is 2. The monoisotopic (exact) mass is 390 g/mol. The molecule has 0 unspecified atom stereocenters. The molecule has 2 amide bonds. The molecule has 1 saturated heterocycles. The van der Waals surface area contributed by atoms with E-state index in [9.17, 15) is 22.8 Å². The van der Waals surface area contributed by atoms with E-state index in [0.717, 1.165) is 37.8 Å². The Bertz CT molecular complexity index is 711. The topological polar surface area (TPSA) is 74.8 Å². The predicted molar refractivity (Wildman–Crippen MR) is 89.6 cm³/mol. The number of piperazine rings is 1. The van der Waals surface area contributed by atoms with Crippen molar-refractivity contribution in [2.24, 2.45) is 0 Å². The highest BCUT2D eigenvalue weighted by Crippen LogP contribution is 2.36. The van der Waals surface area contributed by atoms with Gasteiger partial charge >= 0.3 is 6.18 Å². The number of halogens is 4. The van der Waals surface area contributed by atoms with E-state index in [-0.39, 0.29) is 30.1 Å². The molecule has 2 fully saturated rings. The molecule has 3 rings (SSSR count). The third-order valence-corrected chi connectivity index (χ3v) is 5.25. The van der Waals surface area contributed by atoms with Crippen LogP contribution >= 0.6 is 11.6 Å². The fraction of sp³-hybridized carbons (Fsp3) is 0.529. The number of carbonyl (C=O) groups is 2. The number of fused-ring (bicyclic) bond motifs is 1. The van der Waals surface area contributed by atoms with E-state index < -0.39 is 28.7 Å². The second kappa shape index (κ2) is 7.44. The lowest BCUT2D eigenvalue weighted by atomic mass is 9.87. The van der Waals surface area contributed by atoms with Gasteiger partial charge in [-0.05, 0) is 31.0 Å². The SMILES string of the molecule is O=C(C[C@H]1[NH2+][C@H]2CCCC[C@H]2NC1=O)Nc1ccc(Cl)c(C(F)(F)F)c1. The van der Waals surface area contributed by atoms with E-state index in [0.29, 0.717) is 0 Å². The van der Waals surface area contributed by atoms with Crippen LogP contribution in [0.5, 0.6) is 0 Å². The van der Waals surface area contributed by atoms with E-state index in [1.54, 1.807) is 0 Å². The fourth-order valence-corrected chi connectivity index (χ4v) is 3.86. The zero-order valence-corrected chi connectivity index (χ0v) is 14.7. The van der Waals surface area contributed by atoms with Gasteiger partial charge in [0, 0.05) is 12.1 Å². The second-order valence-electron chi connectivity index (χ2n) is 6.81. The van der Waals surface area contributed by atoms with Gasteiger partial charge in [-0.3, -0.25) is 9.59 Å². The van der Waals surface area contributed by atoms with Gasteiger partial charge in [0.05, 0.1) is 23.0 Å². The quantitative estimate of drug-likeness (QED) is 0.739. The molecular formula is C17H20ClF3N3O2+. The number of alkyl halides is 3. The zero-order valence-electron chi connectivity index (χ0n) is 13.9. The molecule has 4 N–H and O–H groups in total. The molecule has 26 heavy (non-hydrogen) atoms. The van der Waals surface area contributed by atoms with Crippen LogP contribution in [0.1, 0.15) is 37.7 Å². The molecule has 0 aromatic heterocycles. The summed E-state index contributed by atoms with van der Waals surface area (Å²) in [5.41, 5.74) is -1.01. The van der Waals surface area contributed by atoms with Gasteiger partial charge in [-0.1, -0.05) is 18.0 Å². The second-order valence-corrected chi connectivity index (χ2v) is 7.21. The van der Waals surface area contributed by atoms with E-state index >= 15 is 0 Å². The Balaban J connectivity index is 1.63. The molecule has 5 nitrogen and oxygen atoms in total. The average Bonchev–Trinajstić information content (AvgIpc) is 2.56. The molecule has 1 aromatic carbocycles. The number of rotatable bonds is 3. The van der Waals surface area contributed by atoms with Gasteiger partial charge in [-0.15, -0.1) is 0 Å². The summed E-state index contributed by atoms with van der Waals surface area (Å²) in [6.07, 6.45) is -0.605. The van der Waals surface area contributed by atoms with Crippen molar-refractivity contribution in [2.75, 3.05) is 5.32 Å². The highest BCUT2D eigenvalue weighted by Gasteiger charge is 2.40. The lowest BCUT2D eigenvalue weighted by Gasteiger charge is -2.37. The van der Waals surface area contributed by atoms with E-state index in [4.69, 9.17) is 11.6 Å². The minimum atomic E-state index is -4.61. The Hall–Kier alpha value is -1.80. The third kappa shape index (κ3) is 4.29. The number of nitrogens with two attached hydrogens (primary N) is 1. The number of nitrogens with one attached hydrogen (secondary N) is 2. The maximum absolute atomic E-state index is 12.9. The molecular weight excluding hydrogens is 371 g/mol. The number of hydrogen-bond donors (Lipinski definition) is 3. The van der Waals surface area contributed by atoms with Gasteiger partial charge in [0.25, 0.3) is 5.91 Å². The van der Waals surface area contributed by atoms with Crippen LogP contribution in [0.2, 0.25) is 5.02 Å². The van der Waals surface area contributed by atoms with Crippen molar-refractivity contribution in [3.8, 4) is 0 Å². The van der Waals surface area contributed by atoms with Gasteiger partial charge in [0.1, 0.15) is 6.04 Å². The molecule has 1 heterocycles. The van der Waals surface area contributed by atoms with E-state index in [1.807, 2.05) is 5.32 Å². The Kier molecular flexibility index (Phi) is 5.43. The van der Waals surface area contributed by atoms with Crippen LogP contribution in [0.15, 0.2) is 18.2 Å². The maximum Gasteiger partial charge on any atom is 0.417 e. The van der Waals surface area contributed by atoms with Gasteiger partial charge in [0.2, 0.25) is 5.91 Å². The first-order chi connectivity index (χ1) is 12.2. The normalized spacial score (nSPS) is 26.0. The van der Waals surface area contributed by atoms with Crippen LogP contribution in [0, 0.1) is 0 Å². The molecule has 1 aliphatic carbocycles. The molecule has 3 atom stereocenters. The first kappa shape index (κ1) is 19.0. The summed E-state index contributed by atoms with van der Waals surface area (Å²) < 4.78 is 38.7. The fourth-order valence-electron chi connectivity index (χ4n) is 3.64. The summed E-state index contributed by atoms with van der Waals surface area (Å²) in [7, 11) is 0. The van der Waals surface area contributed by atoms with Crippen LogP contribution in [-0.4, -0.2) is 29.9 Å². The summed E-state index contributed by atoms with van der Waals surface area (Å²) in [5.74, 6) is -0.707. The molecule has 1 aliphatic heterocycles. The van der Waals surface area contributed by atoms with Crippen molar-refractivity contribution < 1.29 is 28.1 Å². The number of amides is 2. The van der Waals surface area contributed by atoms with Gasteiger partial charge in [-0.25, -0.2) is 0 Å². The van der Waals surface area contributed by atoms with Crippen molar-refractivity contribution in [3.05, 3.63) is 28.8 Å². The smallest absolute Gasteiger partial charge is 0.342 e. The number of quaternary nitrogens is 1. The van der Waals surface area contributed by atoms with Crippen molar-refractivity contribution in [3.63, 3.8) is 0 Å². The Morgan fingerprint density at radius 3 is 2.77 bits per heavy atom. The van der Waals surface area contributed by atoms with Crippen molar-refractivity contribution in [1.82, 2.24) is 5.32 Å². The van der Waals surface area contributed by atoms with Crippen molar-refractivity contribution >= 4 is 29.1 Å². The standard InChI is InChI=1S/C17H19ClF3N3O2/c18-11-6-5-9(7-10(11)17(19,20)21)22-15(25)8-14-16(26)24-13-4-2-1-3-12(13)23-14/h5-7,12-14,23H,1-4,8H2,(H,22,25)(H,24,26)/p+1/t12-,13+,14+/m0/s1. The van der Waals surface area contributed by atoms with Gasteiger partial charge in [0.15, 0.2) is 6.04 Å². The van der Waals surface area contributed by atoms with Crippen molar-refractivity contribution in [2.45, 2.75) is 56.4 Å². The molecule has 1 saturated carbocycles. The van der Waals surface area contributed by atoms with Crippen LogP contribution in [0.4, 0.5) is 18.9 Å². The summed E-state index contributed by atoms with van der Waals surface area (Å²) in [6, 6.07) is 3.02. The number of benzene rings is 1. The molecule has 0 radical (unpaired) electrons. The lowest BCUT2D eigenvalue weighted by Crippen LogP contribution is -3.03. The Morgan fingerprint density at radius 2 is 2.04 bits per heavy atom. The van der Waals surface area contributed by atoms with Crippen LogP contribution in [0.3, 0.4) is 0 Å². The van der Waals surface area contributed by atoms with E-state index in [1.165, 1.54) is 6.07 Å². The molecule has 9 heteroatoms. The molecule has 0 bridgehead atoms. The summed E-state index contributed by atoms with van der Waals surface area (Å²) >= 11 is 5.57. The largest absolute Gasteiger partial charge is 0.417 e. The highest BCUT2D eigenvalue weighted by molar-refractivity contribution is 6.31. The Morgan fingerprint density at radius 1 is 1.31 bits per heavy atom. The van der Waals surface area contributed by atoms with Crippen LogP contribution < -0.4 is 16.0 Å². The Labute approximate surface area is 153 Å². The average molecular weight is 391 g/mol. The van der Waals surface area contributed by atoms with E-state index in [2.05, 4.69) is 10.6 Å². The number of anilines is 1. The molecule has 2 aliphatic rings. The highest BCUT2D eigenvalue weighted by atomic mass is 35.5. The van der Waals surface area contributed by atoms with Crippen LogP contribution in [-0.2, 0) is 15.8 Å². The maximum atomic E-state index is 12.9. The molecule has 1 aromatic rings. The minimum Gasteiger partial charge on any atom is -0.342 e. The lowest BCUT2D eigenvalue weighted by molar-refractivity contribution is -0.718. The van der Waals surface area contributed by atoms with Crippen molar-refractivity contribution in [1.29, 1.82) is 0 Å². The first-order valence-corrected chi connectivity index (χ1v) is 8.94. The number of hydrogen-bond acceptors (Lipinski definition) is 2. The summed E-state index contributed by atoms with van der Waals surface area (Å²) in [4.78, 5) is 24.4. The minimum absolute atomic E-state index is 0.00140. The summed E-state index contributed by atoms with van der Waals surface area (Å²) in [5, 5.41) is 6.87. The van der Waals surface area contributed by atoms with Gasteiger partial charge in [-0.2, -0.15) is 13.2 Å². The summed E-state index contributed by atoms with van der Waals surface area (Å²) in [6.45, 7) is 0. The predicted octanol–water partition coefficient (Wildman–Crippen LogP) is 2.06. The molecule has 142 valence electrons. The van der Waals surface area contributed by atoms with Gasteiger partial charge < -0.3 is 16.0 Å². The zero-order chi connectivity index (χ0) is 18.9. The third-order valence-electron chi connectivity index (χ3n) is 4.92. The first-order valence-electron chi connectivity index (χ1n) is 8.56.